The van der Waals surface area contributed by atoms with E-state index >= 15 is 0 Å². The zero-order valence-electron chi connectivity index (χ0n) is 20.5. The zero-order valence-corrected chi connectivity index (χ0v) is 22.1. The van der Waals surface area contributed by atoms with Gasteiger partial charge in [-0.3, -0.25) is 9.59 Å². The summed E-state index contributed by atoms with van der Waals surface area (Å²) in [6.45, 7) is 6.11. The van der Waals surface area contributed by atoms with Crippen molar-refractivity contribution >= 4 is 27.7 Å². The number of aryl methyl sites for hydroxylation is 1. The van der Waals surface area contributed by atoms with Crippen molar-refractivity contribution in [3.63, 3.8) is 0 Å². The molecular weight excluding hydrogens is 504 g/mol. The van der Waals surface area contributed by atoms with E-state index in [1.807, 2.05) is 99.6 Å². The molecule has 3 aromatic carbocycles. The van der Waals surface area contributed by atoms with E-state index in [9.17, 15) is 9.59 Å². The third kappa shape index (κ3) is 8.25. The van der Waals surface area contributed by atoms with Crippen LogP contribution in [0.1, 0.15) is 37.0 Å². The van der Waals surface area contributed by atoms with Gasteiger partial charge in [0.05, 0.1) is 0 Å². The summed E-state index contributed by atoms with van der Waals surface area (Å²) < 4.78 is 6.76. The van der Waals surface area contributed by atoms with Gasteiger partial charge in [0.15, 0.2) is 6.61 Å². The largest absolute Gasteiger partial charge is 0.484 e. The molecule has 2 amide bonds. The van der Waals surface area contributed by atoms with E-state index in [1.54, 1.807) is 4.90 Å². The number of hydrogen-bond donors (Lipinski definition) is 1. The number of nitrogens with zero attached hydrogens (tertiary/aromatic N) is 1. The van der Waals surface area contributed by atoms with Gasteiger partial charge in [0.25, 0.3) is 5.91 Å². The lowest BCUT2D eigenvalue weighted by atomic mass is 10.0. The fourth-order valence-corrected chi connectivity index (χ4v) is 4.21. The monoisotopic (exact) mass is 536 g/mol. The molecule has 6 heteroatoms. The maximum atomic E-state index is 13.6. The number of rotatable bonds is 11. The van der Waals surface area contributed by atoms with Gasteiger partial charge in [-0.2, -0.15) is 0 Å². The smallest absolute Gasteiger partial charge is 0.261 e. The van der Waals surface area contributed by atoms with E-state index in [4.69, 9.17) is 4.74 Å². The minimum absolute atomic E-state index is 0.00661. The predicted octanol–water partition coefficient (Wildman–Crippen LogP) is 5.69. The highest BCUT2D eigenvalue weighted by Crippen LogP contribution is 2.19. The van der Waals surface area contributed by atoms with Gasteiger partial charge in [0.2, 0.25) is 5.91 Å². The van der Waals surface area contributed by atoms with Gasteiger partial charge in [-0.15, -0.1) is 0 Å². The van der Waals surface area contributed by atoms with Crippen molar-refractivity contribution in [1.82, 2.24) is 10.2 Å². The molecule has 5 nitrogen and oxygen atoms in total. The van der Waals surface area contributed by atoms with Gasteiger partial charge in [-0.25, -0.2) is 0 Å². The average Bonchev–Trinajstić information content (AvgIpc) is 2.85. The normalized spacial score (nSPS) is 12.5. The second-order valence-corrected chi connectivity index (χ2v) is 9.70. The molecular formula is C29H33BrN2O3. The summed E-state index contributed by atoms with van der Waals surface area (Å²) in [4.78, 5) is 28.7. The average molecular weight is 537 g/mol. The predicted molar refractivity (Wildman–Crippen MR) is 143 cm³/mol. The summed E-state index contributed by atoms with van der Waals surface area (Å²) in [6.07, 6.45) is 1.22. The van der Waals surface area contributed by atoms with E-state index in [-0.39, 0.29) is 24.5 Å². The molecule has 0 fully saturated rings. The summed E-state index contributed by atoms with van der Waals surface area (Å²) in [5.74, 6) is 0.221. The third-order valence-electron chi connectivity index (χ3n) is 5.87. The molecule has 3 aromatic rings. The molecule has 3 rings (SSSR count). The summed E-state index contributed by atoms with van der Waals surface area (Å²) in [5, 5.41) is 3.08. The Kier molecular flexibility index (Phi) is 9.91. The molecule has 0 heterocycles. The van der Waals surface area contributed by atoms with Crippen LogP contribution in [0.3, 0.4) is 0 Å². The van der Waals surface area contributed by atoms with Crippen LogP contribution in [-0.2, 0) is 22.6 Å². The molecule has 0 aliphatic heterocycles. The van der Waals surface area contributed by atoms with Crippen LogP contribution < -0.4 is 10.1 Å². The first kappa shape index (κ1) is 26.5. The van der Waals surface area contributed by atoms with Crippen molar-refractivity contribution in [2.24, 2.45) is 0 Å². The Bertz CT molecular complexity index is 1120. The molecule has 0 saturated heterocycles. The first-order valence-corrected chi connectivity index (χ1v) is 12.7. The second kappa shape index (κ2) is 13.1. The van der Waals surface area contributed by atoms with Crippen LogP contribution in [0.2, 0.25) is 0 Å². The van der Waals surface area contributed by atoms with Gasteiger partial charge in [0, 0.05) is 23.5 Å². The fraction of sp³-hybridized carbons (Fsp3) is 0.310. The number of hydrogen-bond acceptors (Lipinski definition) is 3. The molecule has 0 aliphatic carbocycles. The molecule has 0 saturated carbocycles. The Morgan fingerprint density at radius 2 is 1.69 bits per heavy atom. The Balaban J connectivity index is 1.91. The molecule has 0 aliphatic rings. The van der Waals surface area contributed by atoms with Crippen LogP contribution in [0.5, 0.6) is 5.75 Å². The van der Waals surface area contributed by atoms with Crippen LogP contribution >= 0.6 is 15.9 Å². The number of benzene rings is 3. The second-order valence-electron chi connectivity index (χ2n) is 8.78. The lowest BCUT2D eigenvalue weighted by Gasteiger charge is -2.32. The van der Waals surface area contributed by atoms with Crippen LogP contribution in [0.25, 0.3) is 0 Å². The van der Waals surface area contributed by atoms with Crippen LogP contribution in [-0.4, -0.2) is 35.4 Å². The quantitative estimate of drug-likeness (QED) is 0.342. The SMILES string of the molecule is CC[C@H](C)NC(=O)[C@H](Cc1ccccc1)N(Cc1cccc(Br)c1)C(=O)COc1cccc(C)c1. The van der Waals surface area contributed by atoms with Crippen molar-refractivity contribution in [2.75, 3.05) is 6.61 Å². The highest BCUT2D eigenvalue weighted by molar-refractivity contribution is 9.10. The summed E-state index contributed by atoms with van der Waals surface area (Å²) in [5.41, 5.74) is 2.97. The van der Waals surface area contributed by atoms with E-state index in [0.29, 0.717) is 18.7 Å². The molecule has 35 heavy (non-hydrogen) atoms. The van der Waals surface area contributed by atoms with E-state index in [2.05, 4.69) is 21.2 Å². The van der Waals surface area contributed by atoms with Crippen molar-refractivity contribution in [3.8, 4) is 5.75 Å². The molecule has 0 unspecified atom stereocenters. The fourth-order valence-electron chi connectivity index (χ4n) is 3.76. The number of carbonyl (C=O) groups is 2. The van der Waals surface area contributed by atoms with Gasteiger partial charge in [-0.05, 0) is 61.2 Å². The minimum Gasteiger partial charge on any atom is -0.484 e. The van der Waals surface area contributed by atoms with Crippen LogP contribution in [0, 0.1) is 6.92 Å². The van der Waals surface area contributed by atoms with Gasteiger partial charge < -0.3 is 15.0 Å². The van der Waals surface area contributed by atoms with Crippen molar-refractivity contribution in [3.05, 3.63) is 100 Å². The maximum Gasteiger partial charge on any atom is 0.261 e. The zero-order chi connectivity index (χ0) is 25.2. The molecule has 0 radical (unpaired) electrons. The number of carbonyl (C=O) groups excluding carboxylic acids is 2. The van der Waals surface area contributed by atoms with Gasteiger partial charge >= 0.3 is 0 Å². The Morgan fingerprint density at radius 1 is 0.971 bits per heavy atom. The summed E-state index contributed by atoms with van der Waals surface area (Å²) in [6, 6.07) is 24.5. The summed E-state index contributed by atoms with van der Waals surface area (Å²) >= 11 is 3.51. The Morgan fingerprint density at radius 3 is 2.37 bits per heavy atom. The highest BCUT2D eigenvalue weighted by Gasteiger charge is 2.31. The first-order chi connectivity index (χ1) is 16.9. The molecule has 0 spiro atoms. The maximum absolute atomic E-state index is 13.6. The van der Waals surface area contributed by atoms with E-state index in [0.717, 1.165) is 27.6 Å². The van der Waals surface area contributed by atoms with Crippen molar-refractivity contribution in [1.29, 1.82) is 0 Å². The Hall–Kier alpha value is -3.12. The first-order valence-electron chi connectivity index (χ1n) is 11.9. The van der Waals surface area contributed by atoms with Crippen molar-refractivity contribution < 1.29 is 14.3 Å². The van der Waals surface area contributed by atoms with Gasteiger partial charge in [0.1, 0.15) is 11.8 Å². The van der Waals surface area contributed by atoms with Crippen LogP contribution in [0.15, 0.2) is 83.3 Å². The Labute approximate surface area is 216 Å². The number of ether oxygens (including phenoxy) is 1. The van der Waals surface area contributed by atoms with Crippen molar-refractivity contribution in [2.45, 2.75) is 52.2 Å². The molecule has 184 valence electrons. The number of nitrogens with one attached hydrogen (secondary N) is 1. The van der Waals surface area contributed by atoms with Gasteiger partial charge in [-0.1, -0.05) is 77.5 Å². The van der Waals surface area contributed by atoms with E-state index in [1.165, 1.54) is 0 Å². The third-order valence-corrected chi connectivity index (χ3v) is 6.36. The standard InChI is InChI=1S/C29H33BrN2O3/c1-4-22(3)31-29(34)27(18-23-11-6-5-7-12-23)32(19-24-13-9-14-25(30)17-24)28(33)20-35-26-15-8-10-21(2)16-26/h5-17,22,27H,4,18-20H2,1-3H3,(H,31,34)/t22-,27-/m0/s1. The topological polar surface area (TPSA) is 58.6 Å². The lowest BCUT2D eigenvalue weighted by molar-refractivity contribution is -0.143. The molecule has 0 aromatic heterocycles. The van der Waals surface area contributed by atoms with E-state index < -0.39 is 6.04 Å². The molecule has 1 N–H and O–H groups in total. The lowest BCUT2D eigenvalue weighted by Crippen LogP contribution is -2.53. The van der Waals surface area contributed by atoms with Crippen LogP contribution in [0.4, 0.5) is 0 Å². The minimum atomic E-state index is -0.681. The number of amides is 2. The molecule has 2 atom stereocenters. The summed E-state index contributed by atoms with van der Waals surface area (Å²) in [7, 11) is 0. The highest BCUT2D eigenvalue weighted by atomic mass is 79.9. The molecule has 0 bridgehead atoms. The number of halogens is 1.